The maximum Gasteiger partial charge on any atom is 0.328 e. The number of aryl methyl sites for hydroxylation is 1. The van der Waals surface area contributed by atoms with Crippen molar-refractivity contribution in [1.82, 2.24) is 10.3 Å². The summed E-state index contributed by atoms with van der Waals surface area (Å²) in [5, 5.41) is 3.26. The maximum atomic E-state index is 12.1. The average Bonchev–Trinajstić information content (AvgIpc) is 3.02. The summed E-state index contributed by atoms with van der Waals surface area (Å²) < 4.78 is 10.7. The first-order chi connectivity index (χ1) is 9.22. The molecule has 1 N–H and O–H groups in total. The van der Waals surface area contributed by atoms with E-state index >= 15 is 0 Å². The Hall–Kier alpha value is -0.980. The number of ether oxygens (including phenoxy) is 2. The molecule has 1 aliphatic rings. The molecule has 1 aromatic rings. The van der Waals surface area contributed by atoms with Gasteiger partial charge >= 0.3 is 5.97 Å². The Bertz CT molecular complexity index is 416. The van der Waals surface area contributed by atoms with E-state index in [2.05, 4.69) is 10.3 Å². The van der Waals surface area contributed by atoms with E-state index in [-0.39, 0.29) is 12.1 Å². The molecular formula is C13H20N2O3S. The van der Waals surface area contributed by atoms with E-state index in [1.165, 1.54) is 11.3 Å². The second kappa shape index (κ2) is 6.98. The quantitative estimate of drug-likeness (QED) is 0.808. The molecule has 2 atom stereocenters. The van der Waals surface area contributed by atoms with Crippen molar-refractivity contribution >= 4 is 17.3 Å². The molecule has 0 amide bonds. The van der Waals surface area contributed by atoms with E-state index < -0.39 is 6.04 Å². The van der Waals surface area contributed by atoms with E-state index in [9.17, 15) is 4.79 Å². The number of nitrogens with zero attached hydrogens (tertiary/aromatic N) is 1. The highest BCUT2D eigenvalue weighted by Gasteiger charge is 2.27. The molecule has 2 heterocycles. The molecule has 0 saturated carbocycles. The zero-order valence-electron chi connectivity index (χ0n) is 11.3. The molecule has 2 rings (SSSR count). The van der Waals surface area contributed by atoms with Crippen LogP contribution in [-0.4, -0.2) is 36.8 Å². The fraction of sp³-hybridized carbons (Fsp3) is 0.692. The summed E-state index contributed by atoms with van der Waals surface area (Å²) in [6, 6.07) is -0.434. The lowest BCUT2D eigenvalue weighted by Crippen LogP contribution is -2.35. The molecule has 1 fully saturated rings. The number of hydrogen-bond donors (Lipinski definition) is 1. The highest BCUT2D eigenvalue weighted by atomic mass is 32.1. The summed E-state index contributed by atoms with van der Waals surface area (Å²) in [4.78, 5) is 17.2. The van der Waals surface area contributed by atoms with Crippen molar-refractivity contribution in [3.05, 3.63) is 16.1 Å². The number of aromatic nitrogens is 1. The predicted molar refractivity (Wildman–Crippen MR) is 73.2 cm³/mol. The van der Waals surface area contributed by atoms with Crippen LogP contribution in [0.25, 0.3) is 0 Å². The van der Waals surface area contributed by atoms with Gasteiger partial charge in [0.15, 0.2) is 0 Å². The van der Waals surface area contributed by atoms with Gasteiger partial charge in [0.25, 0.3) is 0 Å². The van der Waals surface area contributed by atoms with Crippen LogP contribution in [0.15, 0.2) is 5.51 Å². The molecule has 0 radical (unpaired) electrons. The van der Waals surface area contributed by atoms with Gasteiger partial charge in [-0.1, -0.05) is 0 Å². The van der Waals surface area contributed by atoms with Gasteiger partial charge in [-0.3, -0.25) is 5.32 Å². The van der Waals surface area contributed by atoms with Gasteiger partial charge in [-0.25, -0.2) is 9.78 Å². The number of nitrogens with one attached hydrogen (secondary N) is 1. The molecule has 1 aliphatic heterocycles. The zero-order valence-corrected chi connectivity index (χ0v) is 12.2. The molecule has 106 valence electrons. The Morgan fingerprint density at radius 2 is 2.58 bits per heavy atom. The minimum Gasteiger partial charge on any atom is -0.465 e. The minimum atomic E-state index is -0.434. The van der Waals surface area contributed by atoms with Crippen molar-refractivity contribution in [3.8, 4) is 0 Å². The van der Waals surface area contributed by atoms with E-state index in [0.717, 1.165) is 30.0 Å². The van der Waals surface area contributed by atoms with Crippen molar-refractivity contribution in [3.63, 3.8) is 0 Å². The van der Waals surface area contributed by atoms with Gasteiger partial charge in [0.2, 0.25) is 0 Å². The Morgan fingerprint density at radius 1 is 1.74 bits per heavy atom. The van der Waals surface area contributed by atoms with Crippen LogP contribution in [0.3, 0.4) is 0 Å². The summed E-state index contributed by atoms with van der Waals surface area (Å²) in [7, 11) is 0. The molecule has 0 aliphatic carbocycles. The maximum absolute atomic E-state index is 12.1. The number of rotatable bonds is 6. The number of thiazole rings is 1. The molecule has 6 heteroatoms. The van der Waals surface area contributed by atoms with E-state index in [0.29, 0.717) is 13.2 Å². The highest BCUT2D eigenvalue weighted by Crippen LogP contribution is 2.23. The molecule has 1 saturated heterocycles. The number of carbonyl (C=O) groups is 1. The third kappa shape index (κ3) is 3.75. The predicted octanol–water partition coefficient (Wildman–Crippen LogP) is 1.82. The van der Waals surface area contributed by atoms with Gasteiger partial charge in [0.05, 0.1) is 28.8 Å². The van der Waals surface area contributed by atoms with Crippen LogP contribution in [0.1, 0.15) is 36.4 Å². The lowest BCUT2D eigenvalue weighted by molar-refractivity contribution is -0.145. The normalized spacial score (nSPS) is 20.4. The Balaban J connectivity index is 2.01. The fourth-order valence-corrected chi connectivity index (χ4v) is 3.01. The van der Waals surface area contributed by atoms with Crippen molar-refractivity contribution in [1.29, 1.82) is 0 Å². The van der Waals surface area contributed by atoms with Gasteiger partial charge in [0.1, 0.15) is 6.04 Å². The Morgan fingerprint density at radius 3 is 3.16 bits per heavy atom. The van der Waals surface area contributed by atoms with Gasteiger partial charge in [-0.2, -0.15) is 0 Å². The van der Waals surface area contributed by atoms with Crippen molar-refractivity contribution in [2.45, 2.75) is 38.8 Å². The Kier molecular flexibility index (Phi) is 5.30. The van der Waals surface area contributed by atoms with Crippen LogP contribution < -0.4 is 5.32 Å². The first-order valence-electron chi connectivity index (χ1n) is 6.64. The van der Waals surface area contributed by atoms with Gasteiger partial charge in [0, 0.05) is 13.2 Å². The molecular weight excluding hydrogens is 264 g/mol. The monoisotopic (exact) mass is 284 g/mol. The summed E-state index contributed by atoms with van der Waals surface area (Å²) in [5.74, 6) is -0.243. The molecule has 5 nitrogen and oxygen atoms in total. The molecule has 0 spiro atoms. The van der Waals surface area contributed by atoms with Crippen LogP contribution in [0.4, 0.5) is 0 Å². The largest absolute Gasteiger partial charge is 0.465 e. The van der Waals surface area contributed by atoms with Crippen molar-refractivity contribution in [2.75, 3.05) is 19.8 Å². The lowest BCUT2D eigenvalue weighted by atomic mass is 10.2. The SMILES string of the molecule is CCOC(=O)C(NCC1CCCO1)c1scnc1C. The minimum absolute atomic E-state index is 0.199. The molecule has 1 aromatic heterocycles. The molecule has 0 bridgehead atoms. The first kappa shape index (κ1) is 14.4. The number of hydrogen-bond acceptors (Lipinski definition) is 6. The van der Waals surface area contributed by atoms with Crippen LogP contribution in [-0.2, 0) is 14.3 Å². The highest BCUT2D eigenvalue weighted by molar-refractivity contribution is 7.10. The summed E-state index contributed by atoms with van der Waals surface area (Å²) in [6.45, 7) is 5.59. The summed E-state index contributed by atoms with van der Waals surface area (Å²) >= 11 is 1.48. The van der Waals surface area contributed by atoms with Crippen LogP contribution in [0.2, 0.25) is 0 Å². The third-order valence-corrected chi connectivity index (χ3v) is 4.14. The van der Waals surface area contributed by atoms with Gasteiger partial charge in [-0.05, 0) is 26.7 Å². The van der Waals surface area contributed by atoms with Crippen LogP contribution in [0, 0.1) is 6.92 Å². The van der Waals surface area contributed by atoms with Crippen LogP contribution >= 0.6 is 11.3 Å². The molecule has 2 unspecified atom stereocenters. The van der Waals surface area contributed by atoms with Crippen molar-refractivity contribution in [2.24, 2.45) is 0 Å². The van der Waals surface area contributed by atoms with E-state index in [1.807, 2.05) is 13.8 Å². The zero-order chi connectivity index (χ0) is 13.7. The standard InChI is InChI=1S/C13H20N2O3S/c1-3-17-13(16)11(12-9(2)15-8-19-12)14-7-10-5-4-6-18-10/h8,10-11,14H,3-7H2,1-2H3. The topological polar surface area (TPSA) is 60.5 Å². The second-order valence-electron chi connectivity index (χ2n) is 4.53. The second-order valence-corrected chi connectivity index (χ2v) is 5.42. The fourth-order valence-electron chi connectivity index (χ4n) is 2.15. The number of carbonyl (C=O) groups excluding carboxylic acids is 1. The average molecular weight is 284 g/mol. The molecule has 19 heavy (non-hydrogen) atoms. The van der Waals surface area contributed by atoms with Crippen molar-refractivity contribution < 1.29 is 14.3 Å². The van der Waals surface area contributed by atoms with E-state index in [1.54, 1.807) is 5.51 Å². The van der Waals surface area contributed by atoms with E-state index in [4.69, 9.17) is 9.47 Å². The summed E-state index contributed by atoms with van der Waals surface area (Å²) in [5.41, 5.74) is 2.63. The first-order valence-corrected chi connectivity index (χ1v) is 7.52. The smallest absolute Gasteiger partial charge is 0.328 e. The summed E-state index contributed by atoms with van der Waals surface area (Å²) in [6.07, 6.45) is 2.34. The lowest BCUT2D eigenvalue weighted by Gasteiger charge is -2.18. The third-order valence-electron chi connectivity index (χ3n) is 3.14. The van der Waals surface area contributed by atoms with Gasteiger partial charge in [-0.15, -0.1) is 11.3 Å². The van der Waals surface area contributed by atoms with Crippen LogP contribution in [0.5, 0.6) is 0 Å². The molecule has 0 aromatic carbocycles. The Labute approximate surface area is 117 Å². The van der Waals surface area contributed by atoms with Gasteiger partial charge < -0.3 is 9.47 Å². The number of esters is 1.